The number of nitrogens with zero attached hydrogens (tertiary/aromatic N) is 2. The molecule has 1 rings (SSSR count). The summed E-state index contributed by atoms with van der Waals surface area (Å²) in [5, 5.41) is 26.8. The van der Waals surface area contributed by atoms with Crippen LogP contribution in [0.5, 0.6) is 0 Å². The molecule has 0 fully saturated rings. The van der Waals surface area contributed by atoms with E-state index in [1.807, 2.05) is 0 Å². The van der Waals surface area contributed by atoms with Gasteiger partial charge in [0.25, 0.3) is 0 Å². The first-order valence-electron chi connectivity index (χ1n) is 11.5. The second-order valence-corrected chi connectivity index (χ2v) is 9.29. The molecule has 16 heteroatoms. The molecule has 0 saturated heterocycles. The Morgan fingerprint density at radius 2 is 1.78 bits per heavy atom. The molecule has 3 amide bonds. The smallest absolute Gasteiger partial charge is 0.326 e. The fraction of sp³-hybridized carbons (Fsp3) is 0.619. The molecule has 1 aromatic rings. The molecule has 0 aliphatic heterocycles. The van der Waals surface area contributed by atoms with Crippen molar-refractivity contribution >= 4 is 41.4 Å². The van der Waals surface area contributed by atoms with Gasteiger partial charge < -0.3 is 48.3 Å². The number of hydrogen-bond acceptors (Lipinski definition) is 9. The molecular weight excluding hydrogens is 506 g/mol. The van der Waals surface area contributed by atoms with E-state index in [2.05, 4.69) is 30.9 Å². The zero-order valence-electron chi connectivity index (χ0n) is 20.8. The Morgan fingerprint density at radius 1 is 1.11 bits per heavy atom. The Bertz CT molecular complexity index is 908. The van der Waals surface area contributed by atoms with Crippen molar-refractivity contribution in [1.29, 1.82) is 0 Å². The van der Waals surface area contributed by atoms with Gasteiger partial charge in [0.1, 0.15) is 18.1 Å². The first-order chi connectivity index (χ1) is 17.5. The summed E-state index contributed by atoms with van der Waals surface area (Å²) in [6.07, 6.45) is 4.10. The van der Waals surface area contributed by atoms with Crippen molar-refractivity contribution in [2.75, 3.05) is 18.6 Å². The molecule has 0 aliphatic carbocycles. The first-order valence-corrected chi connectivity index (χ1v) is 12.9. The zero-order chi connectivity index (χ0) is 28.0. The minimum absolute atomic E-state index is 0.0160. The number of nitrogens with one attached hydrogen (secondary N) is 4. The van der Waals surface area contributed by atoms with E-state index >= 15 is 0 Å². The van der Waals surface area contributed by atoms with Gasteiger partial charge in [0.05, 0.1) is 18.5 Å². The van der Waals surface area contributed by atoms with E-state index in [0.717, 1.165) is 0 Å². The molecule has 12 N–H and O–H groups in total. The lowest BCUT2D eigenvalue weighted by atomic mass is 10.1. The fourth-order valence-corrected chi connectivity index (χ4v) is 3.64. The van der Waals surface area contributed by atoms with Crippen molar-refractivity contribution in [3.63, 3.8) is 0 Å². The van der Waals surface area contributed by atoms with E-state index < -0.39 is 54.0 Å². The number of amides is 3. The van der Waals surface area contributed by atoms with Gasteiger partial charge in [0.2, 0.25) is 17.7 Å². The average Bonchev–Trinajstić information content (AvgIpc) is 3.34. The van der Waals surface area contributed by atoms with Crippen LogP contribution in [0.15, 0.2) is 17.5 Å². The van der Waals surface area contributed by atoms with Crippen molar-refractivity contribution in [2.45, 2.75) is 62.9 Å². The number of H-pyrrole nitrogens is 1. The number of carboxylic acid groups (broad SMARTS) is 1. The molecule has 37 heavy (non-hydrogen) atoms. The molecule has 0 bridgehead atoms. The van der Waals surface area contributed by atoms with E-state index in [-0.39, 0.29) is 31.8 Å². The molecule has 5 unspecified atom stereocenters. The molecule has 0 spiro atoms. The van der Waals surface area contributed by atoms with Crippen molar-refractivity contribution < 1.29 is 29.4 Å². The van der Waals surface area contributed by atoms with Gasteiger partial charge in [-0.25, -0.2) is 9.78 Å². The van der Waals surface area contributed by atoms with E-state index in [1.165, 1.54) is 31.2 Å². The Balaban J connectivity index is 2.94. The van der Waals surface area contributed by atoms with Crippen LogP contribution in [0, 0.1) is 0 Å². The standard InChI is InChI=1S/C21H37N9O6S/c1-11(31)16(19(34)28-14(20(35)36)5-7-37-2)30-18(33)15(8-12-9-25-10-27-12)29-17(32)13(22)4-3-6-26-21(23)24/h9-11,13-16,31H,3-8,22H2,1-2H3,(H,25,27)(H,28,34)(H,29,32)(H,30,33)(H,35,36)(H4,23,24,26). The van der Waals surface area contributed by atoms with Gasteiger partial charge in [0.15, 0.2) is 5.96 Å². The van der Waals surface area contributed by atoms with E-state index in [1.54, 1.807) is 6.26 Å². The number of aliphatic carboxylic acids is 1. The van der Waals surface area contributed by atoms with Crippen LogP contribution in [0.4, 0.5) is 0 Å². The molecule has 5 atom stereocenters. The topological polar surface area (TPSA) is 264 Å². The van der Waals surface area contributed by atoms with Crippen LogP contribution >= 0.6 is 11.8 Å². The largest absolute Gasteiger partial charge is 0.480 e. The number of carboxylic acids is 1. The van der Waals surface area contributed by atoms with Crippen LogP contribution in [0.2, 0.25) is 0 Å². The Labute approximate surface area is 218 Å². The van der Waals surface area contributed by atoms with Gasteiger partial charge in [-0.1, -0.05) is 0 Å². The number of nitrogens with two attached hydrogens (primary N) is 3. The van der Waals surface area contributed by atoms with Crippen LogP contribution < -0.4 is 33.2 Å². The molecule has 1 aromatic heterocycles. The van der Waals surface area contributed by atoms with Crippen LogP contribution in [0.25, 0.3) is 0 Å². The van der Waals surface area contributed by atoms with Gasteiger partial charge >= 0.3 is 5.97 Å². The number of aliphatic hydroxyl groups is 1. The number of thioether (sulfide) groups is 1. The molecule has 208 valence electrons. The van der Waals surface area contributed by atoms with E-state index in [9.17, 15) is 29.4 Å². The lowest BCUT2D eigenvalue weighted by Crippen LogP contribution is -2.60. The highest BCUT2D eigenvalue weighted by molar-refractivity contribution is 7.98. The summed E-state index contributed by atoms with van der Waals surface area (Å²) < 4.78 is 0. The normalized spacial score (nSPS) is 14.9. The van der Waals surface area contributed by atoms with Crippen molar-refractivity contribution in [3.05, 3.63) is 18.2 Å². The van der Waals surface area contributed by atoms with E-state index in [4.69, 9.17) is 17.2 Å². The first kappa shape index (κ1) is 31.7. The van der Waals surface area contributed by atoms with Crippen molar-refractivity contribution in [3.8, 4) is 0 Å². The summed E-state index contributed by atoms with van der Waals surface area (Å²) in [6.45, 7) is 1.55. The molecule has 0 saturated carbocycles. The van der Waals surface area contributed by atoms with Crippen LogP contribution in [-0.4, -0.2) is 98.7 Å². The van der Waals surface area contributed by atoms with Crippen LogP contribution in [0.3, 0.4) is 0 Å². The number of imidazole rings is 1. The predicted molar refractivity (Wildman–Crippen MR) is 138 cm³/mol. The SMILES string of the molecule is CSCCC(NC(=O)C(NC(=O)C(Cc1cnc[nH]1)NC(=O)C(N)CCCN=C(N)N)C(C)O)C(=O)O. The number of aliphatic imine (C=N–C) groups is 1. The molecule has 1 heterocycles. The molecular formula is C21H37N9O6S. The second-order valence-electron chi connectivity index (χ2n) is 8.31. The Hall–Kier alpha value is -3.37. The lowest BCUT2D eigenvalue weighted by Gasteiger charge is -2.26. The quantitative estimate of drug-likeness (QED) is 0.0543. The third kappa shape index (κ3) is 11.9. The van der Waals surface area contributed by atoms with E-state index in [0.29, 0.717) is 17.9 Å². The molecule has 15 nitrogen and oxygen atoms in total. The summed E-state index contributed by atoms with van der Waals surface area (Å²) in [4.78, 5) is 60.6. The predicted octanol–water partition coefficient (Wildman–Crippen LogP) is -2.99. The zero-order valence-corrected chi connectivity index (χ0v) is 21.7. The van der Waals surface area contributed by atoms with Gasteiger partial charge in [0, 0.05) is 24.9 Å². The fourth-order valence-electron chi connectivity index (χ4n) is 3.17. The van der Waals surface area contributed by atoms with Crippen LogP contribution in [0.1, 0.15) is 31.9 Å². The minimum atomic E-state index is -1.47. The second kappa shape index (κ2) is 16.4. The van der Waals surface area contributed by atoms with Crippen molar-refractivity contribution in [2.24, 2.45) is 22.2 Å². The number of carbonyl (C=O) groups is 4. The van der Waals surface area contributed by atoms with Crippen LogP contribution in [-0.2, 0) is 25.6 Å². The molecule has 0 radical (unpaired) electrons. The van der Waals surface area contributed by atoms with Gasteiger partial charge in [-0.05, 0) is 38.2 Å². The third-order valence-electron chi connectivity index (χ3n) is 5.20. The number of carbonyl (C=O) groups excluding carboxylic acids is 3. The monoisotopic (exact) mass is 543 g/mol. The average molecular weight is 544 g/mol. The maximum absolute atomic E-state index is 13.1. The molecule has 0 aliphatic rings. The maximum Gasteiger partial charge on any atom is 0.326 e. The maximum atomic E-state index is 13.1. The van der Waals surface area contributed by atoms with Gasteiger partial charge in [-0.15, -0.1) is 0 Å². The highest BCUT2D eigenvalue weighted by Crippen LogP contribution is 2.06. The summed E-state index contributed by atoms with van der Waals surface area (Å²) in [5.41, 5.74) is 17.0. The minimum Gasteiger partial charge on any atom is -0.480 e. The summed E-state index contributed by atoms with van der Waals surface area (Å²) in [6, 6.07) is -4.82. The number of guanidine groups is 1. The van der Waals surface area contributed by atoms with Gasteiger partial charge in [-0.2, -0.15) is 11.8 Å². The number of hydrogen-bond donors (Lipinski definition) is 9. The van der Waals surface area contributed by atoms with Gasteiger partial charge in [-0.3, -0.25) is 19.4 Å². The lowest BCUT2D eigenvalue weighted by molar-refractivity contribution is -0.143. The van der Waals surface area contributed by atoms with Crippen molar-refractivity contribution in [1.82, 2.24) is 25.9 Å². The summed E-state index contributed by atoms with van der Waals surface area (Å²) in [5.74, 6) is -3.12. The number of aliphatic hydroxyl groups excluding tert-OH is 1. The number of aromatic nitrogens is 2. The number of aromatic amines is 1. The number of rotatable bonds is 17. The highest BCUT2D eigenvalue weighted by atomic mass is 32.2. The summed E-state index contributed by atoms with van der Waals surface area (Å²) >= 11 is 1.41. The molecule has 0 aromatic carbocycles. The highest BCUT2D eigenvalue weighted by Gasteiger charge is 2.32. The Kier molecular flexibility index (Phi) is 14.0. The Morgan fingerprint density at radius 3 is 2.32 bits per heavy atom. The third-order valence-corrected chi connectivity index (χ3v) is 5.85. The summed E-state index contributed by atoms with van der Waals surface area (Å²) in [7, 11) is 0.